The molecule has 2 amide bonds. The number of aromatic nitrogens is 1. The Bertz CT molecular complexity index is 1130. The van der Waals surface area contributed by atoms with Crippen molar-refractivity contribution in [2.24, 2.45) is 0 Å². The average molecular weight is 421 g/mol. The molecule has 0 aliphatic carbocycles. The molecule has 1 atom stereocenters. The van der Waals surface area contributed by atoms with Gasteiger partial charge in [0.1, 0.15) is 12.6 Å². The van der Waals surface area contributed by atoms with E-state index in [2.05, 4.69) is 10.3 Å². The Labute approximate surface area is 177 Å². The number of carbonyl (C=O) groups is 3. The van der Waals surface area contributed by atoms with E-state index in [4.69, 9.17) is 4.74 Å². The van der Waals surface area contributed by atoms with Gasteiger partial charge in [-0.25, -0.2) is 9.78 Å². The van der Waals surface area contributed by atoms with Gasteiger partial charge < -0.3 is 10.1 Å². The number of rotatable bonds is 6. The molecule has 7 nitrogen and oxygen atoms in total. The number of para-hydroxylation sites is 1. The van der Waals surface area contributed by atoms with Crippen LogP contribution in [0.15, 0.2) is 53.9 Å². The third-order valence-corrected chi connectivity index (χ3v) is 5.55. The molecule has 8 heteroatoms. The Morgan fingerprint density at radius 1 is 1.13 bits per heavy atom. The minimum atomic E-state index is -1.03. The molecule has 1 N–H and O–H groups in total. The van der Waals surface area contributed by atoms with E-state index in [9.17, 15) is 14.4 Å². The molecule has 4 rings (SSSR count). The lowest BCUT2D eigenvalue weighted by molar-refractivity contribution is -0.149. The van der Waals surface area contributed by atoms with E-state index >= 15 is 0 Å². The van der Waals surface area contributed by atoms with Crippen molar-refractivity contribution < 1.29 is 19.1 Å². The number of aryl methyl sites for hydroxylation is 1. The van der Waals surface area contributed by atoms with Crippen LogP contribution in [0, 0.1) is 6.92 Å². The number of nitrogens with zero attached hydrogens (tertiary/aromatic N) is 2. The van der Waals surface area contributed by atoms with Crippen LogP contribution in [0.4, 0.5) is 10.8 Å². The maximum atomic E-state index is 12.6. The Morgan fingerprint density at radius 3 is 2.63 bits per heavy atom. The smallest absolute Gasteiger partial charge is 0.329 e. The van der Waals surface area contributed by atoms with Crippen molar-refractivity contribution in [1.29, 1.82) is 0 Å². The van der Waals surface area contributed by atoms with Gasteiger partial charge in [0.05, 0.1) is 16.8 Å². The second-order valence-corrected chi connectivity index (χ2v) is 7.81. The van der Waals surface area contributed by atoms with Crippen molar-refractivity contribution in [3.8, 4) is 0 Å². The Balaban J connectivity index is 1.38. The number of benzene rings is 2. The summed E-state index contributed by atoms with van der Waals surface area (Å²) in [5.74, 6) is -1.62. The number of carbonyl (C=O) groups excluding carboxylic acids is 3. The third-order valence-electron chi connectivity index (χ3n) is 4.74. The first-order chi connectivity index (χ1) is 14.4. The Hall–Kier alpha value is -3.52. The monoisotopic (exact) mass is 421 g/mol. The first-order valence-corrected chi connectivity index (χ1v) is 10.2. The minimum absolute atomic E-state index is 0.0432. The zero-order valence-corrected chi connectivity index (χ0v) is 17.2. The van der Waals surface area contributed by atoms with Gasteiger partial charge in [-0.1, -0.05) is 29.8 Å². The van der Waals surface area contributed by atoms with Gasteiger partial charge in [-0.05, 0) is 38.1 Å². The lowest BCUT2D eigenvalue weighted by Crippen LogP contribution is -2.43. The second-order valence-electron chi connectivity index (χ2n) is 6.95. The van der Waals surface area contributed by atoms with Gasteiger partial charge in [0, 0.05) is 11.1 Å². The van der Waals surface area contributed by atoms with E-state index in [-0.39, 0.29) is 6.61 Å². The molecular weight excluding hydrogens is 402 g/mol. The van der Waals surface area contributed by atoms with E-state index in [1.807, 2.05) is 37.3 Å². The van der Waals surface area contributed by atoms with Gasteiger partial charge in [0.15, 0.2) is 5.13 Å². The highest BCUT2D eigenvalue weighted by molar-refractivity contribution is 7.13. The summed E-state index contributed by atoms with van der Waals surface area (Å²) >= 11 is 1.39. The molecule has 152 valence electrons. The number of hydrogen-bond donors (Lipinski definition) is 1. The summed E-state index contributed by atoms with van der Waals surface area (Å²) in [4.78, 5) is 43.1. The van der Waals surface area contributed by atoms with Crippen LogP contribution in [0.5, 0.6) is 0 Å². The van der Waals surface area contributed by atoms with Crippen molar-refractivity contribution in [3.05, 3.63) is 76.3 Å². The summed E-state index contributed by atoms with van der Waals surface area (Å²) in [5.41, 5.74) is 2.98. The van der Waals surface area contributed by atoms with E-state index in [0.29, 0.717) is 22.0 Å². The normalized spacial score (nSPS) is 13.9. The fraction of sp³-hybridized carbons (Fsp3) is 0.182. The maximum Gasteiger partial charge on any atom is 0.329 e. The molecule has 2 heterocycles. The fourth-order valence-electron chi connectivity index (χ4n) is 3.17. The van der Waals surface area contributed by atoms with Gasteiger partial charge in [-0.3, -0.25) is 14.5 Å². The number of ether oxygens (including phenoxy) is 1. The Kier molecular flexibility index (Phi) is 5.33. The number of anilines is 2. The lowest BCUT2D eigenvalue weighted by Gasteiger charge is -2.20. The van der Waals surface area contributed by atoms with Gasteiger partial charge in [-0.2, -0.15) is 0 Å². The second kappa shape index (κ2) is 8.08. The molecule has 0 spiro atoms. The van der Waals surface area contributed by atoms with Crippen LogP contribution in [0.25, 0.3) is 0 Å². The molecule has 1 unspecified atom stereocenters. The molecule has 1 aliphatic rings. The quantitative estimate of drug-likeness (QED) is 0.479. The van der Waals surface area contributed by atoms with E-state index < -0.39 is 23.8 Å². The van der Waals surface area contributed by atoms with Crippen LogP contribution >= 0.6 is 11.3 Å². The van der Waals surface area contributed by atoms with Crippen molar-refractivity contribution in [3.63, 3.8) is 0 Å². The number of amides is 2. The summed E-state index contributed by atoms with van der Waals surface area (Å²) in [6.45, 7) is 3.28. The van der Waals surface area contributed by atoms with Crippen LogP contribution in [0.2, 0.25) is 0 Å². The first kappa shape index (κ1) is 19.8. The number of hydrogen-bond acceptors (Lipinski definition) is 7. The number of thiazole rings is 1. The molecule has 0 fully saturated rings. The molecule has 0 saturated carbocycles. The average Bonchev–Trinajstić information content (AvgIpc) is 3.28. The molecule has 3 aromatic rings. The van der Waals surface area contributed by atoms with E-state index in [1.54, 1.807) is 23.6 Å². The van der Waals surface area contributed by atoms with Gasteiger partial charge in [0.2, 0.25) is 0 Å². The standard InChI is InChI=1S/C22H19N3O4S/c1-13-8-9-17-18(10-13)20(27)25(19(17)26)14(2)21(28)29-11-16-12-30-22(24-16)23-15-6-4-3-5-7-15/h3-10,12,14H,11H2,1-2H3,(H,23,24). The van der Waals surface area contributed by atoms with Gasteiger partial charge in [-0.15, -0.1) is 11.3 Å². The summed E-state index contributed by atoms with van der Waals surface area (Å²) in [6, 6.07) is 13.6. The predicted octanol–water partition coefficient (Wildman–Crippen LogP) is 3.92. The SMILES string of the molecule is Cc1ccc2c(c1)C(=O)N(C(C)C(=O)OCc1csc(Nc3ccccc3)n1)C2=O. The predicted molar refractivity (Wildman–Crippen MR) is 113 cm³/mol. The van der Waals surface area contributed by atoms with Gasteiger partial charge >= 0.3 is 5.97 Å². The highest BCUT2D eigenvalue weighted by Crippen LogP contribution is 2.26. The highest BCUT2D eigenvalue weighted by Gasteiger charge is 2.41. The number of imide groups is 1. The topological polar surface area (TPSA) is 88.6 Å². The lowest BCUT2D eigenvalue weighted by atomic mass is 10.1. The summed E-state index contributed by atoms with van der Waals surface area (Å²) < 4.78 is 5.32. The first-order valence-electron chi connectivity index (χ1n) is 9.35. The van der Waals surface area contributed by atoms with Crippen LogP contribution < -0.4 is 5.32 Å². The molecule has 0 radical (unpaired) electrons. The number of fused-ring (bicyclic) bond motifs is 1. The van der Waals surface area contributed by atoms with Crippen molar-refractivity contribution in [2.75, 3.05) is 5.32 Å². The molecule has 0 bridgehead atoms. The van der Waals surface area contributed by atoms with Crippen molar-refractivity contribution in [1.82, 2.24) is 9.88 Å². The summed E-state index contributed by atoms with van der Waals surface area (Å²) in [5, 5.41) is 5.64. The molecular formula is C22H19N3O4S. The summed E-state index contributed by atoms with van der Waals surface area (Å²) in [7, 11) is 0. The number of esters is 1. The maximum absolute atomic E-state index is 12.6. The molecule has 2 aromatic carbocycles. The fourth-order valence-corrected chi connectivity index (χ4v) is 3.89. The van der Waals surface area contributed by atoms with Crippen LogP contribution in [-0.2, 0) is 16.1 Å². The zero-order chi connectivity index (χ0) is 21.3. The molecule has 30 heavy (non-hydrogen) atoms. The van der Waals surface area contributed by atoms with Crippen LogP contribution in [0.3, 0.4) is 0 Å². The molecule has 0 saturated heterocycles. The van der Waals surface area contributed by atoms with E-state index in [1.165, 1.54) is 18.3 Å². The Morgan fingerprint density at radius 2 is 1.87 bits per heavy atom. The van der Waals surface area contributed by atoms with Gasteiger partial charge in [0.25, 0.3) is 11.8 Å². The molecule has 1 aliphatic heterocycles. The van der Waals surface area contributed by atoms with E-state index in [0.717, 1.165) is 16.2 Å². The van der Waals surface area contributed by atoms with Crippen LogP contribution in [0.1, 0.15) is 38.9 Å². The largest absolute Gasteiger partial charge is 0.458 e. The molecule has 1 aromatic heterocycles. The zero-order valence-electron chi connectivity index (χ0n) is 16.4. The summed E-state index contributed by atoms with van der Waals surface area (Å²) in [6.07, 6.45) is 0. The number of nitrogens with one attached hydrogen (secondary N) is 1. The highest BCUT2D eigenvalue weighted by atomic mass is 32.1. The van der Waals surface area contributed by atoms with Crippen molar-refractivity contribution in [2.45, 2.75) is 26.5 Å². The van der Waals surface area contributed by atoms with Crippen molar-refractivity contribution >= 4 is 39.9 Å². The van der Waals surface area contributed by atoms with Crippen LogP contribution in [-0.4, -0.2) is 33.7 Å². The minimum Gasteiger partial charge on any atom is -0.458 e. The third kappa shape index (κ3) is 3.81.